The Morgan fingerprint density at radius 3 is 2.89 bits per heavy atom. The molecule has 3 heteroatoms. The highest BCUT2D eigenvalue weighted by atomic mass is 16.3. The molecular weight excluding hydrogens is 224 g/mol. The van der Waals surface area contributed by atoms with E-state index in [1.54, 1.807) is 0 Å². The number of nitrogens with zero attached hydrogens (tertiary/aromatic N) is 1. The van der Waals surface area contributed by atoms with Gasteiger partial charge in [0.15, 0.2) is 0 Å². The average Bonchev–Trinajstić information content (AvgIpc) is 2.72. The van der Waals surface area contributed by atoms with E-state index in [0.29, 0.717) is 12.5 Å². The number of benzene rings is 1. The summed E-state index contributed by atoms with van der Waals surface area (Å²) >= 11 is 0. The van der Waals surface area contributed by atoms with Crippen LogP contribution in [0.1, 0.15) is 30.5 Å². The summed E-state index contributed by atoms with van der Waals surface area (Å²) in [6.45, 7) is 6.18. The van der Waals surface area contributed by atoms with Crippen molar-refractivity contribution in [3.05, 3.63) is 35.4 Å². The van der Waals surface area contributed by atoms with E-state index in [4.69, 9.17) is 5.73 Å². The molecule has 0 spiro atoms. The topological polar surface area (TPSA) is 49.5 Å². The Morgan fingerprint density at radius 2 is 2.28 bits per heavy atom. The maximum Gasteiger partial charge on any atom is 0.0589 e. The number of aliphatic hydroxyl groups is 1. The van der Waals surface area contributed by atoms with Gasteiger partial charge in [0.25, 0.3) is 0 Å². The van der Waals surface area contributed by atoms with Gasteiger partial charge in [-0.3, -0.25) is 4.90 Å². The van der Waals surface area contributed by atoms with E-state index in [0.717, 1.165) is 13.0 Å². The summed E-state index contributed by atoms with van der Waals surface area (Å²) in [4.78, 5) is 2.37. The van der Waals surface area contributed by atoms with Crippen LogP contribution in [0.25, 0.3) is 0 Å². The summed E-state index contributed by atoms with van der Waals surface area (Å²) in [6.07, 6.45) is 1.15. The van der Waals surface area contributed by atoms with Gasteiger partial charge >= 0.3 is 0 Å². The number of likely N-dealkylation sites (tertiary alicyclic amines) is 1. The molecule has 3 atom stereocenters. The lowest BCUT2D eigenvalue weighted by molar-refractivity contribution is 0.105. The molecule has 1 fully saturated rings. The standard InChI is InChI=1S/C15H24N2O/c1-11-4-3-5-13(8-11)14(9-16)17-7-6-12(2)15(17)10-18/h3-5,8,12,14-15,18H,6-7,9-10,16H2,1-2H3. The highest BCUT2D eigenvalue weighted by Gasteiger charge is 2.35. The minimum atomic E-state index is 0.226. The van der Waals surface area contributed by atoms with Gasteiger partial charge in [0.1, 0.15) is 0 Å². The lowest BCUT2D eigenvalue weighted by Crippen LogP contribution is -2.41. The van der Waals surface area contributed by atoms with E-state index in [2.05, 4.69) is 43.0 Å². The fourth-order valence-electron chi connectivity index (χ4n) is 3.05. The first-order valence-corrected chi connectivity index (χ1v) is 6.80. The molecule has 0 amide bonds. The van der Waals surface area contributed by atoms with Crippen LogP contribution in [-0.4, -0.2) is 35.7 Å². The van der Waals surface area contributed by atoms with E-state index in [1.165, 1.54) is 11.1 Å². The van der Waals surface area contributed by atoms with Crippen molar-refractivity contribution in [3.8, 4) is 0 Å². The molecule has 100 valence electrons. The van der Waals surface area contributed by atoms with Crippen LogP contribution < -0.4 is 5.73 Å². The smallest absolute Gasteiger partial charge is 0.0589 e. The van der Waals surface area contributed by atoms with Crippen LogP contribution in [0.15, 0.2) is 24.3 Å². The second-order valence-corrected chi connectivity index (χ2v) is 5.42. The minimum absolute atomic E-state index is 0.226. The van der Waals surface area contributed by atoms with Crippen molar-refractivity contribution in [2.45, 2.75) is 32.4 Å². The van der Waals surface area contributed by atoms with Crippen LogP contribution in [0.4, 0.5) is 0 Å². The van der Waals surface area contributed by atoms with Gasteiger partial charge in [-0.2, -0.15) is 0 Å². The monoisotopic (exact) mass is 248 g/mol. The second-order valence-electron chi connectivity index (χ2n) is 5.42. The number of hydrogen-bond acceptors (Lipinski definition) is 3. The Bertz CT molecular complexity index is 394. The molecule has 1 aromatic carbocycles. The normalized spacial score (nSPS) is 26.4. The first-order chi connectivity index (χ1) is 8.67. The van der Waals surface area contributed by atoms with Crippen molar-refractivity contribution in [1.82, 2.24) is 4.90 Å². The van der Waals surface area contributed by atoms with Crippen molar-refractivity contribution in [1.29, 1.82) is 0 Å². The summed E-state index contributed by atoms with van der Waals surface area (Å²) in [5, 5.41) is 9.57. The van der Waals surface area contributed by atoms with E-state index in [1.807, 2.05) is 0 Å². The fourth-order valence-corrected chi connectivity index (χ4v) is 3.05. The molecule has 1 saturated heterocycles. The Morgan fingerprint density at radius 1 is 1.50 bits per heavy atom. The lowest BCUT2D eigenvalue weighted by atomic mass is 10.00. The summed E-state index contributed by atoms with van der Waals surface area (Å²) in [5.74, 6) is 0.550. The molecule has 0 saturated carbocycles. The average molecular weight is 248 g/mol. The second kappa shape index (κ2) is 5.83. The van der Waals surface area contributed by atoms with Crippen LogP contribution in [-0.2, 0) is 0 Å². The van der Waals surface area contributed by atoms with E-state index >= 15 is 0 Å². The molecule has 0 radical (unpaired) electrons. The third-order valence-corrected chi connectivity index (χ3v) is 4.16. The minimum Gasteiger partial charge on any atom is -0.395 e. The SMILES string of the molecule is Cc1cccc(C(CN)N2CCC(C)C2CO)c1. The Labute approximate surface area is 110 Å². The van der Waals surface area contributed by atoms with Crippen molar-refractivity contribution >= 4 is 0 Å². The number of rotatable bonds is 4. The molecule has 1 aliphatic heterocycles. The van der Waals surface area contributed by atoms with Gasteiger partial charge in [-0.25, -0.2) is 0 Å². The Balaban J connectivity index is 2.23. The molecular formula is C15H24N2O. The predicted octanol–water partition coefficient (Wildman–Crippen LogP) is 1.70. The van der Waals surface area contributed by atoms with Crippen LogP contribution in [0.2, 0.25) is 0 Å². The van der Waals surface area contributed by atoms with Gasteiger partial charge in [-0.1, -0.05) is 36.8 Å². The van der Waals surface area contributed by atoms with E-state index < -0.39 is 0 Å². The van der Waals surface area contributed by atoms with Gasteiger partial charge in [0.2, 0.25) is 0 Å². The van der Waals surface area contributed by atoms with Crippen LogP contribution in [0, 0.1) is 12.8 Å². The largest absolute Gasteiger partial charge is 0.395 e. The molecule has 3 unspecified atom stereocenters. The highest BCUT2D eigenvalue weighted by molar-refractivity contribution is 5.26. The Kier molecular flexibility index (Phi) is 4.38. The van der Waals surface area contributed by atoms with Gasteiger partial charge in [-0.05, 0) is 31.4 Å². The summed E-state index contributed by atoms with van der Waals surface area (Å²) in [6, 6.07) is 9.01. The van der Waals surface area contributed by atoms with Crippen molar-refractivity contribution in [2.24, 2.45) is 11.7 Å². The fraction of sp³-hybridized carbons (Fsp3) is 0.600. The molecule has 2 rings (SSSR count). The van der Waals surface area contributed by atoms with Crippen molar-refractivity contribution in [3.63, 3.8) is 0 Å². The summed E-state index contributed by atoms with van der Waals surface area (Å²) in [5.41, 5.74) is 8.51. The van der Waals surface area contributed by atoms with Crippen LogP contribution in [0.3, 0.4) is 0 Å². The van der Waals surface area contributed by atoms with E-state index in [9.17, 15) is 5.11 Å². The zero-order chi connectivity index (χ0) is 13.1. The molecule has 0 aliphatic carbocycles. The number of hydrogen-bond donors (Lipinski definition) is 2. The Hall–Kier alpha value is -0.900. The maximum absolute atomic E-state index is 9.57. The summed E-state index contributed by atoms with van der Waals surface area (Å²) < 4.78 is 0. The first kappa shape index (κ1) is 13.5. The highest BCUT2D eigenvalue weighted by Crippen LogP contribution is 2.32. The van der Waals surface area contributed by atoms with E-state index in [-0.39, 0.29) is 18.7 Å². The number of aliphatic hydroxyl groups excluding tert-OH is 1. The lowest BCUT2D eigenvalue weighted by Gasteiger charge is -2.33. The zero-order valence-corrected chi connectivity index (χ0v) is 11.3. The molecule has 3 N–H and O–H groups in total. The molecule has 1 aromatic rings. The molecule has 18 heavy (non-hydrogen) atoms. The van der Waals surface area contributed by atoms with Gasteiger partial charge < -0.3 is 10.8 Å². The van der Waals surface area contributed by atoms with Gasteiger partial charge in [0.05, 0.1) is 6.61 Å². The van der Waals surface area contributed by atoms with Gasteiger partial charge in [0, 0.05) is 18.6 Å². The maximum atomic E-state index is 9.57. The van der Waals surface area contributed by atoms with Crippen molar-refractivity contribution < 1.29 is 5.11 Å². The predicted molar refractivity (Wildman–Crippen MR) is 74.3 cm³/mol. The van der Waals surface area contributed by atoms with Gasteiger partial charge in [-0.15, -0.1) is 0 Å². The molecule has 0 bridgehead atoms. The van der Waals surface area contributed by atoms with Crippen LogP contribution in [0.5, 0.6) is 0 Å². The molecule has 1 heterocycles. The third-order valence-electron chi connectivity index (χ3n) is 4.16. The number of aryl methyl sites for hydroxylation is 1. The van der Waals surface area contributed by atoms with Crippen LogP contribution >= 0.6 is 0 Å². The molecule has 1 aliphatic rings. The first-order valence-electron chi connectivity index (χ1n) is 6.80. The summed E-state index contributed by atoms with van der Waals surface area (Å²) in [7, 11) is 0. The quantitative estimate of drug-likeness (QED) is 0.852. The van der Waals surface area contributed by atoms with Crippen molar-refractivity contribution in [2.75, 3.05) is 19.7 Å². The molecule has 3 nitrogen and oxygen atoms in total. The third kappa shape index (κ3) is 2.58. The molecule has 0 aromatic heterocycles. The zero-order valence-electron chi connectivity index (χ0n) is 11.3. The number of nitrogens with two attached hydrogens (primary N) is 1.